The predicted molar refractivity (Wildman–Crippen MR) is 107 cm³/mol. The second kappa shape index (κ2) is 7.14. The number of hydrogen-bond donors (Lipinski definition) is 1. The van der Waals surface area contributed by atoms with Crippen LogP contribution in [0.2, 0.25) is 0 Å². The summed E-state index contributed by atoms with van der Waals surface area (Å²) in [6.07, 6.45) is -0.296. The van der Waals surface area contributed by atoms with E-state index in [1.165, 1.54) is 11.6 Å². The number of rotatable bonds is 3. The normalized spacial score (nSPS) is 16.0. The fraction of sp³-hybridized carbons (Fsp3) is 0.381. The molecule has 0 saturated carbocycles. The number of ether oxygens (including phenoxy) is 1. The minimum Gasteiger partial charge on any atom is -0.460 e. The number of nitrogens with one attached hydrogen (secondary N) is 1. The van der Waals surface area contributed by atoms with Crippen molar-refractivity contribution in [3.05, 3.63) is 73.1 Å². The summed E-state index contributed by atoms with van der Waals surface area (Å²) in [5.74, 6) is -0.710. The van der Waals surface area contributed by atoms with Crippen molar-refractivity contribution in [1.82, 2.24) is 9.13 Å². The quantitative estimate of drug-likeness (QED) is 0.822. The van der Waals surface area contributed by atoms with Crippen LogP contribution in [0.1, 0.15) is 43.4 Å². The SMILES string of the molecule is CC1=C(C(=O)OC(C)C)[C@H](c2ccc(C)cc2)c2c(n(C)c(=O)n(C)c2=O)N1. The van der Waals surface area contributed by atoms with E-state index >= 15 is 0 Å². The van der Waals surface area contributed by atoms with Crippen LogP contribution in [0.3, 0.4) is 0 Å². The van der Waals surface area contributed by atoms with Crippen molar-refractivity contribution in [1.29, 1.82) is 0 Å². The monoisotopic (exact) mass is 383 g/mol. The van der Waals surface area contributed by atoms with Crippen molar-refractivity contribution in [3.8, 4) is 0 Å². The molecule has 0 fully saturated rings. The van der Waals surface area contributed by atoms with Gasteiger partial charge in [-0.1, -0.05) is 29.8 Å². The molecule has 7 heteroatoms. The van der Waals surface area contributed by atoms with E-state index in [-0.39, 0.29) is 6.10 Å². The zero-order valence-corrected chi connectivity index (χ0v) is 17.0. The summed E-state index contributed by atoms with van der Waals surface area (Å²) in [5.41, 5.74) is 2.29. The lowest BCUT2D eigenvalue weighted by atomic mass is 9.82. The van der Waals surface area contributed by atoms with Crippen molar-refractivity contribution in [3.63, 3.8) is 0 Å². The third kappa shape index (κ3) is 3.17. The Hall–Kier alpha value is -3.09. The number of esters is 1. The van der Waals surface area contributed by atoms with Crippen LogP contribution >= 0.6 is 0 Å². The van der Waals surface area contributed by atoms with Crippen LogP contribution in [0.25, 0.3) is 0 Å². The van der Waals surface area contributed by atoms with Crippen molar-refractivity contribution in [2.75, 3.05) is 5.32 Å². The molecule has 0 radical (unpaired) electrons. The van der Waals surface area contributed by atoms with Crippen LogP contribution in [-0.4, -0.2) is 21.2 Å². The molecule has 2 aromatic rings. The summed E-state index contributed by atoms with van der Waals surface area (Å²) >= 11 is 0. The standard InChI is InChI=1S/C21H25N3O4/c1-11(2)28-20(26)15-13(4)22-18-17(19(25)24(6)21(27)23(18)5)16(15)14-9-7-12(3)8-10-14/h7-11,16,22H,1-6H3/t16-/m0/s1. The van der Waals surface area contributed by atoms with E-state index in [2.05, 4.69) is 5.32 Å². The average Bonchev–Trinajstić information content (AvgIpc) is 2.63. The minimum atomic E-state index is -0.631. The van der Waals surface area contributed by atoms with Crippen molar-refractivity contribution >= 4 is 11.8 Å². The molecule has 28 heavy (non-hydrogen) atoms. The molecule has 1 aromatic carbocycles. The minimum absolute atomic E-state index is 0.296. The number of allylic oxidation sites excluding steroid dienone is 1. The number of anilines is 1. The smallest absolute Gasteiger partial charge is 0.337 e. The molecule has 0 amide bonds. The predicted octanol–water partition coefficient (Wildman–Crippen LogP) is 2.18. The van der Waals surface area contributed by atoms with Crippen LogP contribution < -0.4 is 16.6 Å². The molecule has 1 atom stereocenters. The Morgan fingerprint density at radius 1 is 1.07 bits per heavy atom. The first-order valence-corrected chi connectivity index (χ1v) is 9.18. The lowest BCUT2D eigenvalue weighted by Crippen LogP contribution is -2.43. The van der Waals surface area contributed by atoms with Gasteiger partial charge in [0.15, 0.2) is 0 Å². The summed E-state index contributed by atoms with van der Waals surface area (Å²) in [4.78, 5) is 38.4. The van der Waals surface area contributed by atoms with Gasteiger partial charge >= 0.3 is 11.7 Å². The van der Waals surface area contributed by atoms with Crippen LogP contribution in [0.5, 0.6) is 0 Å². The fourth-order valence-corrected chi connectivity index (χ4v) is 3.53. The Balaban J connectivity index is 2.35. The number of nitrogens with zero attached hydrogens (tertiary/aromatic N) is 2. The molecule has 0 spiro atoms. The topological polar surface area (TPSA) is 82.3 Å². The van der Waals surface area contributed by atoms with Crippen LogP contribution in [0, 0.1) is 6.92 Å². The van der Waals surface area contributed by atoms with Gasteiger partial charge in [0.2, 0.25) is 0 Å². The number of carbonyl (C=O) groups excluding carboxylic acids is 1. The van der Waals surface area contributed by atoms with E-state index < -0.39 is 23.1 Å². The van der Waals surface area contributed by atoms with Gasteiger partial charge in [0.05, 0.1) is 23.2 Å². The zero-order valence-electron chi connectivity index (χ0n) is 17.0. The lowest BCUT2D eigenvalue weighted by molar-refractivity contribution is -0.143. The largest absolute Gasteiger partial charge is 0.460 e. The molecule has 0 saturated heterocycles. The molecular formula is C21H25N3O4. The molecule has 1 aliphatic heterocycles. The Morgan fingerprint density at radius 3 is 2.25 bits per heavy atom. The van der Waals surface area contributed by atoms with E-state index in [1.54, 1.807) is 27.8 Å². The summed E-state index contributed by atoms with van der Waals surface area (Å²) in [6.45, 7) is 7.28. The van der Waals surface area contributed by atoms with E-state index in [0.717, 1.165) is 15.7 Å². The molecule has 0 aliphatic carbocycles. The molecule has 1 aromatic heterocycles. The van der Waals surface area contributed by atoms with Gasteiger partial charge in [-0.05, 0) is 33.3 Å². The highest BCUT2D eigenvalue weighted by Crippen LogP contribution is 2.40. The van der Waals surface area contributed by atoms with Crippen molar-refractivity contribution < 1.29 is 9.53 Å². The Kier molecular flexibility index (Phi) is 5.02. The summed E-state index contributed by atoms with van der Waals surface area (Å²) in [6, 6.07) is 7.67. The number of hydrogen-bond acceptors (Lipinski definition) is 5. The zero-order chi connectivity index (χ0) is 20.7. The van der Waals surface area contributed by atoms with Crippen LogP contribution in [0.15, 0.2) is 45.1 Å². The van der Waals surface area contributed by atoms with Crippen LogP contribution in [-0.2, 0) is 23.6 Å². The van der Waals surface area contributed by atoms with E-state index in [1.807, 2.05) is 31.2 Å². The van der Waals surface area contributed by atoms with Gasteiger partial charge in [-0.3, -0.25) is 13.9 Å². The highest BCUT2D eigenvalue weighted by molar-refractivity contribution is 5.94. The van der Waals surface area contributed by atoms with Gasteiger partial charge < -0.3 is 10.1 Å². The van der Waals surface area contributed by atoms with Gasteiger partial charge in [-0.2, -0.15) is 0 Å². The second-order valence-corrected chi connectivity index (χ2v) is 7.43. The molecule has 1 aliphatic rings. The number of benzene rings is 1. The van der Waals surface area contributed by atoms with Crippen molar-refractivity contribution in [2.24, 2.45) is 14.1 Å². The maximum Gasteiger partial charge on any atom is 0.337 e. The van der Waals surface area contributed by atoms with Gasteiger partial charge in [0.1, 0.15) is 5.82 Å². The molecule has 0 unspecified atom stereocenters. The van der Waals surface area contributed by atoms with E-state index in [0.29, 0.717) is 22.7 Å². The van der Waals surface area contributed by atoms with Gasteiger partial charge in [-0.25, -0.2) is 9.59 Å². The molecule has 0 bridgehead atoms. The highest BCUT2D eigenvalue weighted by Gasteiger charge is 2.37. The maximum absolute atomic E-state index is 13.1. The van der Waals surface area contributed by atoms with Gasteiger partial charge in [0, 0.05) is 19.8 Å². The number of aryl methyl sites for hydroxylation is 1. The summed E-state index contributed by atoms with van der Waals surface area (Å²) in [5, 5.41) is 3.08. The molecule has 3 rings (SSSR count). The molecular weight excluding hydrogens is 358 g/mol. The molecule has 148 valence electrons. The Bertz CT molecular complexity index is 1090. The van der Waals surface area contributed by atoms with E-state index in [4.69, 9.17) is 4.74 Å². The third-order valence-electron chi connectivity index (χ3n) is 4.96. The molecule has 7 nitrogen and oxygen atoms in total. The lowest BCUT2D eigenvalue weighted by Gasteiger charge is -2.31. The first-order valence-electron chi connectivity index (χ1n) is 9.18. The second-order valence-electron chi connectivity index (χ2n) is 7.43. The number of carbonyl (C=O) groups is 1. The fourth-order valence-electron chi connectivity index (χ4n) is 3.53. The number of aromatic nitrogens is 2. The maximum atomic E-state index is 13.1. The third-order valence-corrected chi connectivity index (χ3v) is 4.96. The highest BCUT2D eigenvalue weighted by atomic mass is 16.5. The first kappa shape index (κ1) is 19.7. The van der Waals surface area contributed by atoms with Crippen molar-refractivity contribution in [2.45, 2.75) is 39.7 Å². The average molecular weight is 383 g/mol. The Morgan fingerprint density at radius 2 is 1.68 bits per heavy atom. The Labute approximate surface area is 163 Å². The van der Waals surface area contributed by atoms with Gasteiger partial charge in [-0.15, -0.1) is 0 Å². The van der Waals surface area contributed by atoms with Crippen LogP contribution in [0.4, 0.5) is 5.82 Å². The summed E-state index contributed by atoms with van der Waals surface area (Å²) < 4.78 is 7.92. The van der Waals surface area contributed by atoms with Gasteiger partial charge in [0.25, 0.3) is 5.56 Å². The summed E-state index contributed by atoms with van der Waals surface area (Å²) in [7, 11) is 3.04. The molecule has 1 N–H and O–H groups in total. The number of fused-ring (bicyclic) bond motifs is 1. The molecule has 2 heterocycles. The first-order chi connectivity index (χ1) is 13.1. The van der Waals surface area contributed by atoms with E-state index in [9.17, 15) is 14.4 Å².